The average molecular weight is 423 g/mol. The lowest BCUT2D eigenvalue weighted by atomic mass is 10.0. The van der Waals surface area contributed by atoms with Crippen molar-refractivity contribution in [3.05, 3.63) is 101 Å². The second-order valence-corrected chi connectivity index (χ2v) is 8.09. The van der Waals surface area contributed by atoms with E-state index in [0.29, 0.717) is 22.8 Å². The first-order chi connectivity index (χ1) is 15.3. The van der Waals surface area contributed by atoms with Crippen molar-refractivity contribution in [3.8, 4) is 0 Å². The Bertz CT molecular complexity index is 1250. The third-order valence-corrected chi connectivity index (χ3v) is 5.46. The number of carbonyl (C=O) groups is 1. The Kier molecular flexibility index (Phi) is 5.73. The molecule has 0 unspecified atom stereocenters. The predicted octanol–water partition coefficient (Wildman–Crippen LogP) is 5.26. The zero-order valence-electron chi connectivity index (χ0n) is 18.8. The molecular formula is C27H26N4O. The maximum absolute atomic E-state index is 13.3. The number of rotatable bonds is 3. The van der Waals surface area contributed by atoms with Gasteiger partial charge < -0.3 is 5.73 Å². The maximum Gasteiger partial charge on any atom is 0.263 e. The van der Waals surface area contributed by atoms with Crippen LogP contribution < -0.4 is 5.73 Å². The largest absolute Gasteiger partial charge is 0.398 e. The third kappa shape index (κ3) is 4.23. The topological polar surface area (TPSA) is 71.0 Å². The summed E-state index contributed by atoms with van der Waals surface area (Å²) in [7, 11) is 1.70. The molecule has 0 spiro atoms. The van der Waals surface area contributed by atoms with Crippen LogP contribution in [-0.4, -0.2) is 29.4 Å². The van der Waals surface area contributed by atoms with Crippen molar-refractivity contribution in [1.29, 1.82) is 0 Å². The quantitative estimate of drug-likeness (QED) is 0.585. The van der Waals surface area contributed by atoms with Crippen LogP contribution in [0.4, 0.5) is 11.4 Å². The van der Waals surface area contributed by atoms with Crippen LogP contribution in [0.25, 0.3) is 5.70 Å². The molecular weight excluding hydrogens is 396 g/mol. The predicted molar refractivity (Wildman–Crippen MR) is 132 cm³/mol. The smallest absolute Gasteiger partial charge is 0.263 e. The molecule has 4 rings (SSSR count). The Morgan fingerprint density at radius 3 is 1.66 bits per heavy atom. The molecule has 5 nitrogen and oxygen atoms in total. The van der Waals surface area contributed by atoms with Gasteiger partial charge >= 0.3 is 0 Å². The molecule has 160 valence electrons. The van der Waals surface area contributed by atoms with Crippen LogP contribution in [0.1, 0.15) is 22.3 Å². The van der Waals surface area contributed by atoms with Crippen LogP contribution in [-0.2, 0) is 4.79 Å². The lowest BCUT2D eigenvalue weighted by Gasteiger charge is -2.09. The molecule has 1 fully saturated rings. The summed E-state index contributed by atoms with van der Waals surface area (Å²) in [6.07, 6.45) is 0. The van der Waals surface area contributed by atoms with E-state index in [1.54, 1.807) is 7.05 Å². The van der Waals surface area contributed by atoms with Crippen molar-refractivity contribution >= 4 is 34.5 Å². The molecule has 2 N–H and O–H groups in total. The minimum atomic E-state index is -0.222. The molecule has 0 bridgehead atoms. The second kappa shape index (κ2) is 8.63. The first-order valence-corrected chi connectivity index (χ1v) is 10.5. The van der Waals surface area contributed by atoms with Gasteiger partial charge in [-0.25, -0.2) is 9.98 Å². The summed E-state index contributed by atoms with van der Waals surface area (Å²) in [5.41, 5.74) is 13.4. The van der Waals surface area contributed by atoms with Gasteiger partial charge in [-0.2, -0.15) is 0 Å². The molecule has 1 aliphatic rings. The fraction of sp³-hybridized carbons (Fsp3) is 0.148. The first kappa shape index (κ1) is 21.2. The summed E-state index contributed by atoms with van der Waals surface area (Å²) in [4.78, 5) is 24.4. The van der Waals surface area contributed by atoms with Gasteiger partial charge in [0.1, 0.15) is 5.71 Å². The van der Waals surface area contributed by atoms with Crippen LogP contribution in [0.15, 0.2) is 88.4 Å². The summed E-state index contributed by atoms with van der Waals surface area (Å²) in [5, 5.41) is 0. The van der Waals surface area contributed by atoms with E-state index in [2.05, 4.69) is 0 Å². The molecule has 0 aromatic heterocycles. The van der Waals surface area contributed by atoms with E-state index in [9.17, 15) is 4.79 Å². The third-order valence-electron chi connectivity index (χ3n) is 5.46. The molecule has 1 saturated heterocycles. The van der Waals surface area contributed by atoms with Crippen LogP contribution in [0, 0.1) is 20.8 Å². The number of aliphatic imine (C=N–C) groups is 2. The van der Waals surface area contributed by atoms with Gasteiger partial charge in [-0.05, 0) is 50.6 Å². The molecule has 1 amide bonds. The SMILES string of the molecule is Cc1ccc(N=C2C(=Nc3ccc(C)cc3)N(C)C(=O)/C2=C(/N)c2ccc(C)cc2)cc1. The number of likely N-dealkylation sites (tertiary alicyclic amines) is 1. The lowest BCUT2D eigenvalue weighted by Crippen LogP contribution is -2.26. The van der Waals surface area contributed by atoms with E-state index >= 15 is 0 Å². The number of aryl methyl sites for hydroxylation is 3. The summed E-state index contributed by atoms with van der Waals surface area (Å²) in [5.74, 6) is 0.254. The Labute approximate surface area is 188 Å². The Morgan fingerprint density at radius 2 is 1.16 bits per heavy atom. The van der Waals surface area contributed by atoms with E-state index in [1.165, 1.54) is 4.90 Å². The summed E-state index contributed by atoms with van der Waals surface area (Å²) >= 11 is 0. The van der Waals surface area contributed by atoms with Gasteiger partial charge in [0, 0.05) is 7.05 Å². The van der Waals surface area contributed by atoms with Crippen LogP contribution >= 0.6 is 0 Å². The number of amidine groups is 1. The van der Waals surface area contributed by atoms with E-state index in [-0.39, 0.29) is 5.91 Å². The molecule has 3 aromatic carbocycles. The minimum absolute atomic E-state index is 0.222. The minimum Gasteiger partial charge on any atom is -0.398 e. The highest BCUT2D eigenvalue weighted by Crippen LogP contribution is 2.28. The van der Waals surface area contributed by atoms with Gasteiger partial charge in [0.25, 0.3) is 5.91 Å². The number of nitrogens with two attached hydrogens (primary N) is 1. The monoisotopic (exact) mass is 422 g/mol. The summed E-state index contributed by atoms with van der Waals surface area (Å²) in [6, 6.07) is 23.5. The zero-order valence-corrected chi connectivity index (χ0v) is 18.8. The second-order valence-electron chi connectivity index (χ2n) is 8.09. The first-order valence-electron chi connectivity index (χ1n) is 10.5. The van der Waals surface area contributed by atoms with Crippen molar-refractivity contribution in [2.24, 2.45) is 15.7 Å². The van der Waals surface area contributed by atoms with Crippen LogP contribution in [0.3, 0.4) is 0 Å². The highest BCUT2D eigenvalue weighted by atomic mass is 16.2. The number of carbonyl (C=O) groups excluding carboxylic acids is 1. The van der Waals surface area contributed by atoms with E-state index in [4.69, 9.17) is 15.7 Å². The number of nitrogens with zero attached hydrogens (tertiary/aromatic N) is 3. The molecule has 0 atom stereocenters. The van der Waals surface area contributed by atoms with Crippen LogP contribution in [0.2, 0.25) is 0 Å². The number of amides is 1. The molecule has 1 aliphatic heterocycles. The van der Waals surface area contributed by atoms with Crippen molar-refractivity contribution in [1.82, 2.24) is 4.90 Å². The molecule has 3 aromatic rings. The van der Waals surface area contributed by atoms with Gasteiger partial charge in [-0.15, -0.1) is 0 Å². The van der Waals surface area contributed by atoms with E-state index < -0.39 is 0 Å². The van der Waals surface area contributed by atoms with Gasteiger partial charge in [0.05, 0.1) is 22.6 Å². The van der Waals surface area contributed by atoms with Gasteiger partial charge in [0.2, 0.25) is 0 Å². The summed E-state index contributed by atoms with van der Waals surface area (Å²) < 4.78 is 0. The molecule has 32 heavy (non-hydrogen) atoms. The molecule has 0 aliphatic carbocycles. The normalized spacial score (nSPS) is 18.0. The van der Waals surface area contributed by atoms with Crippen molar-refractivity contribution < 1.29 is 4.79 Å². The average Bonchev–Trinajstić information content (AvgIpc) is 3.01. The summed E-state index contributed by atoms with van der Waals surface area (Å²) in [6.45, 7) is 6.06. The Balaban J connectivity index is 1.92. The number of hydrogen-bond acceptors (Lipinski definition) is 4. The van der Waals surface area contributed by atoms with Crippen molar-refractivity contribution in [2.45, 2.75) is 20.8 Å². The Morgan fingerprint density at radius 1 is 0.719 bits per heavy atom. The maximum atomic E-state index is 13.3. The fourth-order valence-corrected chi connectivity index (χ4v) is 3.48. The molecule has 1 heterocycles. The fourth-order valence-electron chi connectivity index (χ4n) is 3.48. The van der Waals surface area contributed by atoms with E-state index in [0.717, 1.165) is 33.6 Å². The highest BCUT2D eigenvalue weighted by molar-refractivity contribution is 6.62. The van der Waals surface area contributed by atoms with Crippen molar-refractivity contribution in [2.75, 3.05) is 7.05 Å². The number of benzene rings is 3. The zero-order chi connectivity index (χ0) is 22.8. The molecule has 0 radical (unpaired) electrons. The van der Waals surface area contributed by atoms with Crippen LogP contribution in [0.5, 0.6) is 0 Å². The van der Waals surface area contributed by atoms with E-state index in [1.807, 2.05) is 93.6 Å². The molecule has 0 saturated carbocycles. The number of likely N-dealkylation sites (N-methyl/N-ethyl adjacent to an activating group) is 1. The van der Waals surface area contributed by atoms with Crippen molar-refractivity contribution in [3.63, 3.8) is 0 Å². The van der Waals surface area contributed by atoms with Gasteiger partial charge in [0.15, 0.2) is 5.84 Å². The molecule has 5 heteroatoms. The highest BCUT2D eigenvalue weighted by Gasteiger charge is 2.38. The lowest BCUT2D eigenvalue weighted by molar-refractivity contribution is -0.121. The number of hydrogen-bond donors (Lipinski definition) is 1. The van der Waals surface area contributed by atoms with Gasteiger partial charge in [-0.3, -0.25) is 9.69 Å². The van der Waals surface area contributed by atoms with Gasteiger partial charge in [-0.1, -0.05) is 65.2 Å². The Hall–Kier alpha value is -3.99. The standard InChI is InChI=1S/C27H26N4O/c1-17-5-11-20(12-6-17)24(28)23-25(29-21-13-7-18(2)8-14-21)26(31(4)27(23)32)30-22-15-9-19(3)10-16-22/h5-16H,28H2,1-4H3/b24-23+,29-25?,30-26?.